The number of hydrogen-bond acceptors (Lipinski definition) is 18. The highest BCUT2D eigenvalue weighted by atomic mass is 16.8. The molecule has 0 aromatic heterocycles. The van der Waals surface area contributed by atoms with Gasteiger partial charge in [-0.05, 0) is 77.0 Å². The maximum absolute atomic E-state index is 13.3. The summed E-state index contributed by atoms with van der Waals surface area (Å²) in [5.41, 5.74) is 0. The van der Waals surface area contributed by atoms with Crippen LogP contribution in [0, 0.1) is 0 Å². The lowest BCUT2D eigenvalue weighted by atomic mass is 9.96. The molecule has 3 fully saturated rings. The Morgan fingerprint density at radius 1 is 0.439 bits per heavy atom. The first-order valence-corrected chi connectivity index (χ1v) is 30.8. The second-order valence-corrected chi connectivity index (χ2v) is 21.7. The largest absolute Gasteiger partial charge is 0.394 e. The number of unbranched alkanes of at least 4 members (excludes halogenated alkanes) is 16. The average molecular weight is 1170 g/mol. The quantitative estimate of drug-likeness (QED) is 0.0247. The Labute approximate surface area is 489 Å². The van der Waals surface area contributed by atoms with E-state index in [1.165, 1.54) is 57.8 Å². The van der Waals surface area contributed by atoms with Crippen molar-refractivity contribution in [2.24, 2.45) is 0 Å². The monoisotopic (exact) mass is 1170 g/mol. The minimum absolute atomic E-state index is 0.226. The third-order valence-electron chi connectivity index (χ3n) is 14.9. The number of rotatable bonds is 44. The van der Waals surface area contributed by atoms with Crippen LogP contribution >= 0.6 is 0 Å². The fraction of sp³-hybridized carbons (Fsp3) is 0.762. The first-order valence-electron chi connectivity index (χ1n) is 30.8. The van der Waals surface area contributed by atoms with E-state index in [9.17, 15) is 61.0 Å². The number of aliphatic hydroxyl groups is 11. The summed E-state index contributed by atoms with van der Waals surface area (Å²) in [5, 5.41) is 120. The Bertz CT molecular complexity index is 1820. The van der Waals surface area contributed by atoms with Gasteiger partial charge in [-0.2, -0.15) is 0 Å². The summed E-state index contributed by atoms with van der Waals surface area (Å²) in [6.45, 7) is 1.43. The number of nitrogens with one attached hydrogen (secondary N) is 1. The van der Waals surface area contributed by atoms with E-state index in [-0.39, 0.29) is 18.9 Å². The Balaban J connectivity index is 1.41. The Morgan fingerprint density at radius 2 is 0.817 bits per heavy atom. The Morgan fingerprint density at radius 3 is 1.32 bits per heavy atom. The van der Waals surface area contributed by atoms with E-state index >= 15 is 0 Å². The van der Waals surface area contributed by atoms with Crippen LogP contribution in [0.3, 0.4) is 0 Å². The summed E-state index contributed by atoms with van der Waals surface area (Å²) >= 11 is 0. The van der Waals surface area contributed by atoms with Gasteiger partial charge in [0, 0.05) is 6.42 Å². The van der Waals surface area contributed by atoms with Crippen molar-refractivity contribution < 1.29 is 89.4 Å². The molecule has 17 atom stereocenters. The fourth-order valence-electron chi connectivity index (χ4n) is 9.93. The number of ether oxygens (including phenoxy) is 6. The van der Waals surface area contributed by atoms with Crippen molar-refractivity contribution >= 4 is 5.91 Å². The molecule has 19 nitrogen and oxygen atoms in total. The maximum Gasteiger partial charge on any atom is 0.220 e. The molecule has 0 aliphatic carbocycles. The van der Waals surface area contributed by atoms with Gasteiger partial charge in [-0.3, -0.25) is 4.79 Å². The van der Waals surface area contributed by atoms with E-state index in [0.717, 1.165) is 83.5 Å². The van der Waals surface area contributed by atoms with Crippen LogP contribution in [0.1, 0.15) is 174 Å². The predicted molar refractivity (Wildman–Crippen MR) is 314 cm³/mol. The summed E-state index contributed by atoms with van der Waals surface area (Å²) in [6, 6.07) is -0.999. The maximum atomic E-state index is 13.3. The van der Waals surface area contributed by atoms with Crippen LogP contribution in [0.5, 0.6) is 0 Å². The van der Waals surface area contributed by atoms with Crippen molar-refractivity contribution in [2.45, 2.75) is 279 Å². The van der Waals surface area contributed by atoms with Gasteiger partial charge in [0.1, 0.15) is 73.2 Å². The average Bonchev–Trinajstić information content (AvgIpc) is 3.64. The molecular formula is C63H107NO18. The number of carbonyl (C=O) groups excluding carboxylic acids is 1. The summed E-state index contributed by atoms with van der Waals surface area (Å²) in [6.07, 6.45) is 28.8. The van der Waals surface area contributed by atoms with Crippen molar-refractivity contribution in [2.75, 3.05) is 26.4 Å². The second kappa shape index (κ2) is 45.3. The van der Waals surface area contributed by atoms with E-state index in [1.54, 1.807) is 6.08 Å². The van der Waals surface area contributed by atoms with E-state index < -0.39 is 124 Å². The summed E-state index contributed by atoms with van der Waals surface area (Å²) in [7, 11) is 0. The molecule has 472 valence electrons. The fourth-order valence-corrected chi connectivity index (χ4v) is 9.93. The molecule has 17 unspecified atom stereocenters. The molecule has 0 aromatic carbocycles. The summed E-state index contributed by atoms with van der Waals surface area (Å²) in [5.74, 6) is -0.297. The molecule has 12 N–H and O–H groups in total. The van der Waals surface area contributed by atoms with E-state index in [4.69, 9.17) is 28.4 Å². The van der Waals surface area contributed by atoms with E-state index in [1.807, 2.05) is 6.08 Å². The SMILES string of the molecule is CC/C=C\C/C=C\C/C=C\C/C=C\CCCCCCCCCCCCCCCCC(=O)NC(COC1OC(CO)C(OC2OC(CO)C(OC3OC(CO)C(O)C(O)C3O)C(O)C2O)C(O)C1O)C(O)/C=C/CC/C=C/CC/C=C/CC. The first-order chi connectivity index (χ1) is 39.8. The van der Waals surface area contributed by atoms with Gasteiger partial charge in [-0.25, -0.2) is 0 Å². The molecule has 0 aromatic rings. The van der Waals surface area contributed by atoms with Gasteiger partial charge in [0.2, 0.25) is 5.91 Å². The van der Waals surface area contributed by atoms with Crippen molar-refractivity contribution in [3.8, 4) is 0 Å². The molecule has 3 rings (SSSR count). The lowest BCUT2D eigenvalue weighted by Crippen LogP contribution is -2.66. The third kappa shape index (κ3) is 28.4. The number of amides is 1. The molecule has 0 radical (unpaired) electrons. The molecule has 0 spiro atoms. The topological polar surface area (TPSA) is 307 Å². The van der Waals surface area contributed by atoms with Crippen molar-refractivity contribution in [1.82, 2.24) is 5.32 Å². The van der Waals surface area contributed by atoms with Crippen LogP contribution in [0.15, 0.2) is 85.1 Å². The van der Waals surface area contributed by atoms with Crippen LogP contribution < -0.4 is 5.32 Å². The Kier molecular flexibility index (Phi) is 40.5. The van der Waals surface area contributed by atoms with Gasteiger partial charge in [-0.15, -0.1) is 0 Å². The molecule has 3 heterocycles. The highest BCUT2D eigenvalue weighted by molar-refractivity contribution is 5.76. The third-order valence-corrected chi connectivity index (χ3v) is 14.9. The molecular weight excluding hydrogens is 1060 g/mol. The molecule has 3 aliphatic heterocycles. The molecule has 3 aliphatic rings. The molecule has 0 bridgehead atoms. The van der Waals surface area contributed by atoms with Crippen LogP contribution in [0.4, 0.5) is 0 Å². The number of allylic oxidation sites excluding steroid dienone is 13. The molecule has 3 saturated heterocycles. The standard InChI is InChI=1S/C63H107NO18/c1-3-5-7-9-11-13-15-16-17-18-19-20-21-22-23-24-25-26-27-28-29-30-31-33-35-37-39-41-51(69)64-46(47(68)40-38-36-34-32-14-12-10-8-6-4-2)45-77-61-57(75)54(72)59(49(43-66)79-61)82-63-58(76)55(73)60(50(44-67)80-63)81-62-56(74)53(71)52(70)48(42-65)78-62/h5-8,11,13-14,16-17,19-20,32,38,40,46-50,52-63,65-68,70-76H,3-4,9-10,12,15,18,21-31,33-37,39,41-45H2,1-2H3,(H,64,69)/b7-5-,8-6+,13-11-,17-16-,20-19-,32-14+,40-38+. The van der Waals surface area contributed by atoms with Gasteiger partial charge in [0.05, 0.1) is 38.6 Å². The molecule has 0 saturated carbocycles. The normalized spacial score (nSPS) is 30.2. The zero-order valence-corrected chi connectivity index (χ0v) is 49.2. The second-order valence-electron chi connectivity index (χ2n) is 21.7. The van der Waals surface area contributed by atoms with E-state index in [0.29, 0.717) is 12.8 Å². The number of aliphatic hydroxyl groups excluding tert-OH is 11. The molecule has 1 amide bonds. The van der Waals surface area contributed by atoms with Crippen molar-refractivity contribution in [1.29, 1.82) is 0 Å². The van der Waals surface area contributed by atoms with Crippen LogP contribution in [-0.2, 0) is 33.2 Å². The van der Waals surface area contributed by atoms with Gasteiger partial charge in [-0.1, -0.05) is 176 Å². The molecule has 82 heavy (non-hydrogen) atoms. The number of hydrogen-bond donors (Lipinski definition) is 12. The van der Waals surface area contributed by atoms with E-state index in [2.05, 4.69) is 92.1 Å². The smallest absolute Gasteiger partial charge is 0.220 e. The minimum atomic E-state index is -1.98. The van der Waals surface area contributed by atoms with Crippen LogP contribution in [-0.4, -0.2) is 193 Å². The molecule has 19 heteroatoms. The number of carbonyl (C=O) groups is 1. The van der Waals surface area contributed by atoms with Crippen LogP contribution in [0.2, 0.25) is 0 Å². The van der Waals surface area contributed by atoms with Gasteiger partial charge in [0.15, 0.2) is 18.9 Å². The lowest BCUT2D eigenvalue weighted by Gasteiger charge is -2.48. The van der Waals surface area contributed by atoms with Crippen molar-refractivity contribution in [3.05, 3.63) is 85.1 Å². The summed E-state index contributed by atoms with van der Waals surface area (Å²) in [4.78, 5) is 13.3. The zero-order chi connectivity index (χ0) is 59.7. The van der Waals surface area contributed by atoms with Gasteiger partial charge < -0.3 is 89.9 Å². The van der Waals surface area contributed by atoms with Crippen LogP contribution in [0.25, 0.3) is 0 Å². The predicted octanol–water partition coefficient (Wildman–Crippen LogP) is 5.98. The Hall–Kier alpha value is -3.03. The van der Waals surface area contributed by atoms with Crippen molar-refractivity contribution in [3.63, 3.8) is 0 Å². The minimum Gasteiger partial charge on any atom is -0.394 e. The zero-order valence-electron chi connectivity index (χ0n) is 49.2. The highest BCUT2D eigenvalue weighted by Gasteiger charge is 2.53. The van der Waals surface area contributed by atoms with Gasteiger partial charge >= 0.3 is 0 Å². The highest BCUT2D eigenvalue weighted by Crippen LogP contribution is 2.33. The van der Waals surface area contributed by atoms with Gasteiger partial charge in [0.25, 0.3) is 0 Å². The first kappa shape index (κ1) is 73.2. The lowest BCUT2D eigenvalue weighted by molar-refractivity contribution is -0.379. The summed E-state index contributed by atoms with van der Waals surface area (Å²) < 4.78 is 34.2.